The van der Waals surface area contributed by atoms with Crippen LogP contribution in [0.25, 0.3) is 20.2 Å². The van der Waals surface area contributed by atoms with E-state index in [1.54, 1.807) is 11.3 Å². The topological polar surface area (TPSA) is 0 Å². The first-order valence-corrected chi connectivity index (χ1v) is 5.05. The number of fused-ring (bicyclic) bond motifs is 3. The third-order valence-electron chi connectivity index (χ3n) is 2.21. The van der Waals surface area contributed by atoms with Crippen molar-refractivity contribution in [2.24, 2.45) is 0 Å². The van der Waals surface area contributed by atoms with E-state index >= 15 is 0 Å². The molecule has 0 atom stereocenters. The fourth-order valence-corrected chi connectivity index (χ4v) is 2.68. The maximum Gasteiger partial charge on any atom is 2.00 e. The molecule has 0 aliphatic carbocycles. The van der Waals surface area contributed by atoms with Crippen molar-refractivity contribution < 1.29 is 17.0 Å². The minimum absolute atomic E-state index is 0. The predicted octanol–water partition coefficient (Wildman–Crippen LogP) is 0.478. The van der Waals surface area contributed by atoms with Crippen molar-refractivity contribution in [1.82, 2.24) is 0 Å². The van der Waals surface area contributed by atoms with Gasteiger partial charge in [-0.25, -0.2) is 0 Å². The fraction of sp³-hybridized carbons (Fsp3) is 0. The average molecular weight is 287 g/mol. The average Bonchev–Trinajstić information content (AvgIpc) is 2.56. The maximum absolute atomic E-state index is 3.26. The molecule has 70 valence electrons. The number of thiophene rings is 1. The minimum atomic E-state index is 0. The molecule has 0 saturated heterocycles. The van der Waals surface area contributed by atoms with Crippen molar-refractivity contribution in [3.05, 3.63) is 48.5 Å². The first-order chi connectivity index (χ1) is 6.45. The van der Waals surface area contributed by atoms with Crippen molar-refractivity contribution in [2.45, 2.75) is 0 Å². The Kier molecular flexibility index (Phi) is 4.58. The molecule has 0 nitrogen and oxygen atoms in total. The van der Waals surface area contributed by atoms with Crippen molar-refractivity contribution in [2.75, 3.05) is 0 Å². The standard InChI is InChI=1S/C12H7S.BrH.Mg/c1-3-7-11-9(5-1)10-6-2-4-8-12(10)13-11;;/h1-7H;1H;/q-1;;+2/p-1. The van der Waals surface area contributed by atoms with Gasteiger partial charge in [-0.1, -0.05) is 28.3 Å². The Morgan fingerprint density at radius 1 is 0.933 bits per heavy atom. The van der Waals surface area contributed by atoms with Gasteiger partial charge in [0.2, 0.25) is 0 Å². The second-order valence-electron chi connectivity index (χ2n) is 3.01. The summed E-state index contributed by atoms with van der Waals surface area (Å²) in [6.07, 6.45) is 0. The summed E-state index contributed by atoms with van der Waals surface area (Å²) in [6, 6.07) is 17.9. The van der Waals surface area contributed by atoms with Crippen LogP contribution < -0.4 is 17.0 Å². The SMILES string of the molecule is [Br-].[Mg+2].[c-]1cccc2c1sc1ccccc12. The molecule has 0 bridgehead atoms. The van der Waals surface area contributed by atoms with E-state index in [0.717, 1.165) is 0 Å². The molecule has 0 N–H and O–H groups in total. The summed E-state index contributed by atoms with van der Waals surface area (Å²) in [4.78, 5) is 0. The van der Waals surface area contributed by atoms with Crippen molar-refractivity contribution in [3.8, 4) is 0 Å². The molecule has 0 unspecified atom stereocenters. The summed E-state index contributed by atoms with van der Waals surface area (Å²) >= 11 is 1.81. The molecular formula is C12H7BrMgS. The summed E-state index contributed by atoms with van der Waals surface area (Å²) in [5.74, 6) is 0. The molecule has 3 aromatic rings. The summed E-state index contributed by atoms with van der Waals surface area (Å²) < 4.78 is 2.60. The molecule has 15 heavy (non-hydrogen) atoms. The van der Waals surface area contributed by atoms with Crippen molar-refractivity contribution in [3.63, 3.8) is 0 Å². The normalized spacial score (nSPS) is 9.60. The monoisotopic (exact) mass is 286 g/mol. The fourth-order valence-electron chi connectivity index (χ4n) is 1.61. The Hall–Kier alpha value is -0.0938. The molecule has 0 fully saturated rings. The number of halogens is 1. The molecule has 0 spiro atoms. The van der Waals surface area contributed by atoms with E-state index in [4.69, 9.17) is 0 Å². The van der Waals surface area contributed by atoms with Crippen LogP contribution in [0, 0.1) is 6.07 Å². The molecule has 1 heterocycles. The predicted molar refractivity (Wildman–Crippen MR) is 63.9 cm³/mol. The minimum Gasteiger partial charge on any atom is -1.00 e. The molecule has 3 rings (SSSR count). The van der Waals surface area contributed by atoms with E-state index in [9.17, 15) is 0 Å². The van der Waals surface area contributed by atoms with Gasteiger partial charge in [-0.2, -0.15) is 35.6 Å². The third-order valence-corrected chi connectivity index (χ3v) is 3.33. The Balaban J connectivity index is 0.000000562. The molecular weight excluding hydrogens is 280 g/mol. The van der Waals surface area contributed by atoms with Gasteiger partial charge in [0, 0.05) is 4.70 Å². The van der Waals surface area contributed by atoms with Crippen LogP contribution in [0.2, 0.25) is 0 Å². The summed E-state index contributed by atoms with van der Waals surface area (Å²) in [5, 5.41) is 2.67. The summed E-state index contributed by atoms with van der Waals surface area (Å²) in [6.45, 7) is 0. The van der Waals surface area contributed by atoms with E-state index in [-0.39, 0.29) is 40.0 Å². The van der Waals surface area contributed by atoms with Crippen molar-refractivity contribution in [1.29, 1.82) is 0 Å². The van der Waals surface area contributed by atoms with Gasteiger partial charge in [0.25, 0.3) is 0 Å². The molecule has 0 saturated carbocycles. The number of benzene rings is 2. The van der Waals surface area contributed by atoms with Gasteiger partial charge >= 0.3 is 23.1 Å². The van der Waals surface area contributed by atoms with Crippen LogP contribution in [0.4, 0.5) is 0 Å². The molecule has 2 aromatic carbocycles. The van der Waals surface area contributed by atoms with Crippen LogP contribution in [0.3, 0.4) is 0 Å². The second kappa shape index (κ2) is 5.30. The second-order valence-corrected chi connectivity index (χ2v) is 4.06. The Bertz CT molecular complexity index is 523. The molecule has 1 aromatic heterocycles. The van der Waals surface area contributed by atoms with Gasteiger partial charge in [0.05, 0.1) is 0 Å². The number of hydrogen-bond acceptors (Lipinski definition) is 1. The van der Waals surface area contributed by atoms with E-state index in [1.807, 2.05) is 12.1 Å². The van der Waals surface area contributed by atoms with Gasteiger partial charge in [-0.3, -0.25) is 0 Å². The molecule has 0 amide bonds. The van der Waals surface area contributed by atoms with Gasteiger partial charge in [0.15, 0.2) is 0 Å². The van der Waals surface area contributed by atoms with E-state index < -0.39 is 0 Å². The molecule has 0 aliphatic rings. The largest absolute Gasteiger partial charge is 2.00 e. The van der Waals surface area contributed by atoms with Crippen LogP contribution >= 0.6 is 11.3 Å². The van der Waals surface area contributed by atoms with E-state index in [2.05, 4.69) is 36.4 Å². The Morgan fingerprint density at radius 2 is 1.67 bits per heavy atom. The maximum atomic E-state index is 3.26. The van der Waals surface area contributed by atoms with Crippen LogP contribution in [0.5, 0.6) is 0 Å². The van der Waals surface area contributed by atoms with Gasteiger partial charge < -0.3 is 17.0 Å². The first kappa shape index (κ1) is 13.0. The van der Waals surface area contributed by atoms with E-state index in [1.165, 1.54) is 20.2 Å². The Labute approximate surface area is 119 Å². The van der Waals surface area contributed by atoms with Crippen LogP contribution in [-0.2, 0) is 0 Å². The van der Waals surface area contributed by atoms with Crippen LogP contribution in [-0.4, -0.2) is 23.1 Å². The van der Waals surface area contributed by atoms with Gasteiger partial charge in [-0.15, -0.1) is 5.39 Å². The quantitative estimate of drug-likeness (QED) is 0.417. The first-order valence-electron chi connectivity index (χ1n) is 4.23. The van der Waals surface area contributed by atoms with Crippen LogP contribution in [0.15, 0.2) is 42.5 Å². The number of hydrogen-bond donors (Lipinski definition) is 0. The zero-order valence-electron chi connectivity index (χ0n) is 8.03. The zero-order chi connectivity index (χ0) is 8.67. The summed E-state index contributed by atoms with van der Waals surface area (Å²) in [5.41, 5.74) is 0. The molecule has 3 heteroatoms. The van der Waals surface area contributed by atoms with Crippen LogP contribution in [0.1, 0.15) is 0 Å². The zero-order valence-corrected chi connectivity index (χ0v) is 11.9. The third kappa shape index (κ3) is 2.20. The van der Waals surface area contributed by atoms with E-state index in [0.29, 0.717) is 0 Å². The number of rotatable bonds is 0. The molecule has 0 radical (unpaired) electrons. The van der Waals surface area contributed by atoms with Gasteiger partial charge in [0.1, 0.15) is 0 Å². The Morgan fingerprint density at radius 3 is 2.53 bits per heavy atom. The van der Waals surface area contributed by atoms with Gasteiger partial charge in [-0.05, 0) is 6.07 Å². The smallest absolute Gasteiger partial charge is 1.00 e. The summed E-state index contributed by atoms with van der Waals surface area (Å²) in [7, 11) is 0. The van der Waals surface area contributed by atoms with Crippen molar-refractivity contribution >= 4 is 54.6 Å². The molecule has 0 aliphatic heterocycles.